The second-order valence-electron chi connectivity index (χ2n) is 16.6. The molecule has 0 spiro atoms. The number of benzene rings is 6. The first-order chi connectivity index (χ1) is 29.4. The fraction of sp³-hybridized carbons (Fsp3) is 0.175. The van der Waals surface area contributed by atoms with Crippen LogP contribution in [-0.2, 0) is 12.0 Å². The van der Waals surface area contributed by atoms with Crippen molar-refractivity contribution in [1.29, 1.82) is 0 Å². The van der Waals surface area contributed by atoms with Crippen LogP contribution >= 0.6 is 0 Å². The fourth-order valence-corrected chi connectivity index (χ4v) is 9.57. The standard InChI is InChI=1S/C57H53N3/c1-40-17-15-21-44(35-40)49-34-31-47(57(46-23-9-6-10-24-46)52-27-13-11-25-50(52)51-26-12-14-28-53(51)57)37-56(49)60(4)48-32-29-42(30-33-48)39-59-55(43-19-7-5-8-20-43)38-54(58-3)45-22-16-18-41(2)36-45/h5-34,37-38,40-41,59H,35-36,39H2,1-4H3. The van der Waals surface area contributed by atoms with Crippen LogP contribution in [-0.4, -0.2) is 19.8 Å². The van der Waals surface area contributed by atoms with Crippen LogP contribution in [0.3, 0.4) is 0 Å². The average Bonchev–Trinajstić information content (AvgIpc) is 3.60. The lowest BCUT2D eigenvalue weighted by atomic mass is 9.67. The maximum absolute atomic E-state index is 4.73. The first-order valence-corrected chi connectivity index (χ1v) is 21.4. The Morgan fingerprint density at radius 3 is 1.93 bits per heavy atom. The van der Waals surface area contributed by atoms with Crippen LogP contribution in [0.1, 0.15) is 65.6 Å². The lowest BCUT2D eigenvalue weighted by Crippen LogP contribution is -2.29. The van der Waals surface area contributed by atoms with E-state index in [9.17, 15) is 0 Å². The number of hydrogen-bond acceptors (Lipinski definition) is 3. The minimum absolute atomic E-state index is 0.471. The molecule has 9 rings (SSSR count). The summed E-state index contributed by atoms with van der Waals surface area (Å²) in [5.41, 5.74) is 18.0. The van der Waals surface area contributed by atoms with Crippen LogP contribution in [0.25, 0.3) is 22.4 Å². The Bertz CT molecular complexity index is 2650. The van der Waals surface area contributed by atoms with Crippen molar-refractivity contribution in [3.05, 3.63) is 239 Å². The van der Waals surface area contributed by atoms with E-state index in [1.807, 2.05) is 7.05 Å². The van der Waals surface area contributed by atoms with Gasteiger partial charge >= 0.3 is 0 Å². The van der Waals surface area contributed by atoms with E-state index >= 15 is 0 Å². The van der Waals surface area contributed by atoms with Crippen molar-refractivity contribution in [2.24, 2.45) is 16.8 Å². The van der Waals surface area contributed by atoms with Gasteiger partial charge in [0.1, 0.15) is 0 Å². The summed E-state index contributed by atoms with van der Waals surface area (Å²) in [4.78, 5) is 7.12. The molecule has 6 aromatic rings. The van der Waals surface area contributed by atoms with Crippen LogP contribution in [0.5, 0.6) is 0 Å². The summed E-state index contributed by atoms with van der Waals surface area (Å²) in [6.45, 7) is 5.26. The SMILES string of the molecule is CN=C(C=C(NCc1ccc(N(C)c2cc(C3(c4ccccc4)c4ccccc4-c4ccccc43)ccc2C2=CC=CC(C)C2)cc1)c1ccccc1)C1=CC=CC(C)C1. The van der Waals surface area contributed by atoms with Gasteiger partial charge in [0.15, 0.2) is 0 Å². The molecular weight excluding hydrogens is 727 g/mol. The minimum Gasteiger partial charge on any atom is -0.380 e. The Kier molecular flexibility index (Phi) is 10.9. The van der Waals surface area contributed by atoms with Gasteiger partial charge in [0.2, 0.25) is 0 Å². The number of hydrogen-bond donors (Lipinski definition) is 1. The summed E-state index contributed by atoms with van der Waals surface area (Å²) >= 11 is 0. The van der Waals surface area contributed by atoms with E-state index in [2.05, 4.69) is 225 Å². The van der Waals surface area contributed by atoms with E-state index in [0.29, 0.717) is 18.4 Å². The molecule has 0 radical (unpaired) electrons. The third-order valence-electron chi connectivity index (χ3n) is 12.6. The Labute approximate surface area is 356 Å². The number of nitrogens with zero attached hydrogens (tertiary/aromatic N) is 2. The van der Waals surface area contributed by atoms with Crippen molar-refractivity contribution < 1.29 is 0 Å². The molecule has 0 aliphatic heterocycles. The summed E-state index contributed by atoms with van der Waals surface area (Å²) in [7, 11) is 4.12. The van der Waals surface area contributed by atoms with Gasteiger partial charge in [-0.25, -0.2) is 0 Å². The van der Waals surface area contributed by atoms with Crippen LogP contribution in [0.4, 0.5) is 11.4 Å². The van der Waals surface area contributed by atoms with Gasteiger partial charge in [0.05, 0.1) is 11.1 Å². The predicted molar refractivity (Wildman–Crippen MR) is 255 cm³/mol. The molecule has 2 unspecified atom stereocenters. The second-order valence-corrected chi connectivity index (χ2v) is 16.6. The van der Waals surface area contributed by atoms with E-state index in [4.69, 9.17) is 4.99 Å². The molecule has 1 N–H and O–H groups in total. The van der Waals surface area contributed by atoms with Crippen LogP contribution < -0.4 is 10.2 Å². The first kappa shape index (κ1) is 38.8. The highest BCUT2D eigenvalue weighted by Crippen LogP contribution is 2.56. The van der Waals surface area contributed by atoms with Crippen molar-refractivity contribution in [1.82, 2.24) is 5.32 Å². The largest absolute Gasteiger partial charge is 0.380 e. The molecule has 60 heavy (non-hydrogen) atoms. The Hall–Kier alpha value is -6.71. The van der Waals surface area contributed by atoms with Gasteiger partial charge in [-0.1, -0.05) is 184 Å². The topological polar surface area (TPSA) is 27.6 Å². The zero-order valence-electron chi connectivity index (χ0n) is 35.1. The highest BCUT2D eigenvalue weighted by Gasteiger charge is 2.46. The van der Waals surface area contributed by atoms with Crippen molar-refractivity contribution in [2.45, 2.75) is 38.6 Å². The third-order valence-corrected chi connectivity index (χ3v) is 12.6. The second kappa shape index (κ2) is 16.9. The molecule has 0 aromatic heterocycles. The lowest BCUT2D eigenvalue weighted by Gasteiger charge is -2.35. The normalized spacial score (nSPS) is 18.0. The van der Waals surface area contributed by atoms with Gasteiger partial charge in [-0.2, -0.15) is 0 Å². The number of anilines is 2. The Balaban J connectivity index is 1.09. The first-order valence-electron chi connectivity index (χ1n) is 21.4. The summed E-state index contributed by atoms with van der Waals surface area (Å²) in [6, 6.07) is 56.0. The molecule has 0 fully saturated rings. The molecule has 0 bridgehead atoms. The van der Waals surface area contributed by atoms with Crippen molar-refractivity contribution in [3.63, 3.8) is 0 Å². The van der Waals surface area contributed by atoms with Gasteiger partial charge < -0.3 is 10.2 Å². The monoisotopic (exact) mass is 779 g/mol. The number of rotatable bonds is 11. The van der Waals surface area contributed by atoms with E-state index in [1.54, 1.807) is 0 Å². The maximum atomic E-state index is 4.73. The van der Waals surface area contributed by atoms with Gasteiger partial charge in [-0.05, 0) is 105 Å². The van der Waals surface area contributed by atoms with E-state index in [0.717, 1.165) is 35.5 Å². The fourth-order valence-electron chi connectivity index (χ4n) is 9.57. The zero-order valence-corrected chi connectivity index (χ0v) is 35.1. The Morgan fingerprint density at radius 1 is 0.667 bits per heavy atom. The summed E-state index contributed by atoms with van der Waals surface area (Å²) < 4.78 is 0. The molecule has 3 nitrogen and oxygen atoms in total. The quantitative estimate of drug-likeness (QED) is 0.132. The van der Waals surface area contributed by atoms with Crippen molar-refractivity contribution in [3.8, 4) is 11.1 Å². The molecule has 2 atom stereocenters. The smallest absolute Gasteiger partial charge is 0.0714 e. The molecule has 0 heterocycles. The van der Waals surface area contributed by atoms with E-state index < -0.39 is 5.41 Å². The lowest BCUT2D eigenvalue weighted by molar-refractivity contribution is 0.723. The molecular formula is C57H53N3. The van der Waals surface area contributed by atoms with Gasteiger partial charge in [0, 0.05) is 43.3 Å². The molecule has 3 aliphatic rings. The summed E-state index contributed by atoms with van der Waals surface area (Å²) in [5.74, 6) is 0.979. The van der Waals surface area contributed by atoms with Crippen molar-refractivity contribution >= 4 is 28.4 Å². The highest BCUT2D eigenvalue weighted by molar-refractivity contribution is 6.12. The minimum atomic E-state index is -0.471. The number of allylic oxidation sites excluding steroid dienone is 9. The molecule has 6 aromatic carbocycles. The van der Waals surface area contributed by atoms with Gasteiger partial charge in [-0.3, -0.25) is 4.99 Å². The molecule has 3 aliphatic carbocycles. The number of nitrogens with one attached hydrogen (secondary N) is 1. The van der Waals surface area contributed by atoms with E-state index in [-0.39, 0.29) is 0 Å². The molecule has 3 heteroatoms. The van der Waals surface area contributed by atoms with Gasteiger partial charge in [-0.15, -0.1) is 0 Å². The summed E-state index contributed by atoms with van der Waals surface area (Å²) in [6.07, 6.45) is 17.7. The van der Waals surface area contributed by atoms with Crippen LogP contribution in [0.2, 0.25) is 0 Å². The average molecular weight is 780 g/mol. The highest BCUT2D eigenvalue weighted by atomic mass is 15.1. The number of fused-ring (bicyclic) bond motifs is 3. The van der Waals surface area contributed by atoms with E-state index in [1.165, 1.54) is 61.3 Å². The molecule has 296 valence electrons. The number of aliphatic imine (C=N–C) groups is 1. The molecule has 0 amide bonds. The predicted octanol–water partition coefficient (Wildman–Crippen LogP) is 13.5. The maximum Gasteiger partial charge on any atom is 0.0714 e. The zero-order chi connectivity index (χ0) is 41.1. The van der Waals surface area contributed by atoms with Crippen LogP contribution in [0.15, 0.2) is 205 Å². The molecule has 0 saturated carbocycles. The van der Waals surface area contributed by atoms with Crippen molar-refractivity contribution in [2.75, 3.05) is 19.0 Å². The molecule has 0 saturated heterocycles. The third kappa shape index (κ3) is 7.30. The van der Waals surface area contributed by atoms with Gasteiger partial charge in [0.25, 0.3) is 0 Å². The summed E-state index contributed by atoms with van der Waals surface area (Å²) in [5, 5.41) is 3.79. The Morgan fingerprint density at radius 2 is 1.28 bits per heavy atom. The van der Waals surface area contributed by atoms with Crippen LogP contribution in [0, 0.1) is 11.8 Å².